The number of esters is 2. The predicted octanol–water partition coefficient (Wildman–Crippen LogP) is 2.71. The van der Waals surface area contributed by atoms with Gasteiger partial charge in [-0.1, -0.05) is 6.58 Å². The molecule has 0 aromatic rings. The van der Waals surface area contributed by atoms with Crippen molar-refractivity contribution in [1.82, 2.24) is 0 Å². The first-order valence-electron chi connectivity index (χ1n) is 9.20. The normalized spacial score (nSPS) is 35.3. The molecule has 4 rings (SSSR count). The number of alkyl halides is 2. The molecule has 4 aliphatic rings. The van der Waals surface area contributed by atoms with Crippen molar-refractivity contribution in [2.75, 3.05) is 0 Å². The van der Waals surface area contributed by atoms with E-state index in [9.17, 15) is 26.8 Å². The summed E-state index contributed by atoms with van der Waals surface area (Å²) in [5, 5.41) is -4.59. The van der Waals surface area contributed by atoms with E-state index in [-0.39, 0.29) is 23.3 Å². The second kappa shape index (κ2) is 6.76. The van der Waals surface area contributed by atoms with Crippen LogP contribution in [0.1, 0.15) is 46.0 Å². The number of rotatable bonds is 6. The van der Waals surface area contributed by atoms with Crippen LogP contribution in [-0.2, 0) is 29.2 Å². The maximum atomic E-state index is 13.7. The zero-order valence-corrected chi connectivity index (χ0v) is 16.5. The summed E-state index contributed by atoms with van der Waals surface area (Å²) in [6.45, 7) is 5.87. The number of halogens is 2. The second-order valence-electron chi connectivity index (χ2n) is 8.46. The average molecular weight is 422 g/mol. The first-order chi connectivity index (χ1) is 12.8. The summed E-state index contributed by atoms with van der Waals surface area (Å²) in [7, 11) is -5.71. The molecule has 0 amide bonds. The lowest BCUT2D eigenvalue weighted by Crippen LogP contribution is -2.58. The van der Waals surface area contributed by atoms with Crippen LogP contribution in [0.25, 0.3) is 0 Å². The number of hydrogen-bond donors (Lipinski definition) is 1. The minimum atomic E-state index is -5.71. The van der Waals surface area contributed by atoms with Gasteiger partial charge in [-0.05, 0) is 63.7 Å². The summed E-state index contributed by atoms with van der Waals surface area (Å²) in [5.74, 6) is -2.15. The summed E-state index contributed by atoms with van der Waals surface area (Å²) in [6, 6.07) is 0. The average Bonchev–Trinajstić information content (AvgIpc) is 2.51. The van der Waals surface area contributed by atoms with Gasteiger partial charge in [0.1, 0.15) is 5.60 Å². The van der Waals surface area contributed by atoms with Gasteiger partial charge in [0, 0.05) is 5.57 Å². The highest BCUT2D eigenvalue weighted by Gasteiger charge is 2.60. The second-order valence-corrected chi connectivity index (χ2v) is 9.96. The molecule has 4 aliphatic carbocycles. The Hall–Kier alpha value is -1.55. The highest BCUT2D eigenvalue weighted by Crippen LogP contribution is 2.60. The topological polar surface area (TPSA) is 107 Å². The third-order valence-electron chi connectivity index (χ3n) is 6.26. The lowest BCUT2D eigenvalue weighted by Gasteiger charge is -2.58. The maximum Gasteiger partial charge on any atom is 0.405 e. The molecule has 0 radical (unpaired) electrons. The molecule has 0 heterocycles. The van der Waals surface area contributed by atoms with E-state index in [1.54, 1.807) is 6.92 Å². The number of carbonyl (C=O) groups excluding carboxylic acids is 2. The molecule has 4 saturated carbocycles. The summed E-state index contributed by atoms with van der Waals surface area (Å²) in [4.78, 5) is 24.6. The van der Waals surface area contributed by atoms with Crippen LogP contribution in [-0.4, -0.2) is 41.9 Å². The minimum Gasteiger partial charge on any atom is -0.456 e. The van der Waals surface area contributed by atoms with E-state index in [4.69, 9.17) is 14.0 Å². The molecule has 0 spiro atoms. The Bertz CT molecular complexity index is 791. The third-order valence-corrected chi connectivity index (χ3v) is 7.28. The van der Waals surface area contributed by atoms with Gasteiger partial charge in [0.2, 0.25) is 0 Å². The Labute approximate surface area is 162 Å². The number of carbonyl (C=O) groups is 2. The molecular weight excluding hydrogens is 398 g/mol. The van der Waals surface area contributed by atoms with Crippen molar-refractivity contribution in [3.63, 3.8) is 0 Å². The van der Waals surface area contributed by atoms with Crippen molar-refractivity contribution in [2.45, 2.75) is 62.9 Å². The van der Waals surface area contributed by atoms with Crippen LogP contribution in [0.3, 0.4) is 0 Å². The van der Waals surface area contributed by atoms with Gasteiger partial charge in [0.25, 0.3) is 0 Å². The fourth-order valence-corrected chi connectivity index (χ4v) is 5.74. The zero-order chi connectivity index (χ0) is 21.1. The largest absolute Gasteiger partial charge is 0.456 e. The van der Waals surface area contributed by atoms with Crippen molar-refractivity contribution >= 4 is 22.1 Å². The Morgan fingerprint density at radius 1 is 1.21 bits per heavy atom. The van der Waals surface area contributed by atoms with E-state index in [1.165, 1.54) is 0 Å². The Kier molecular flexibility index (Phi) is 5.11. The number of ether oxygens (including phenoxy) is 2. The number of hydrogen-bond acceptors (Lipinski definition) is 6. The van der Waals surface area contributed by atoms with Crippen LogP contribution < -0.4 is 0 Å². The smallest absolute Gasteiger partial charge is 0.405 e. The van der Waals surface area contributed by atoms with E-state index in [1.807, 2.05) is 0 Å². The van der Waals surface area contributed by atoms with E-state index >= 15 is 0 Å². The molecule has 158 valence electrons. The third kappa shape index (κ3) is 3.56. The molecule has 10 heteroatoms. The summed E-state index contributed by atoms with van der Waals surface area (Å²) in [5.41, 5.74) is -0.388. The van der Waals surface area contributed by atoms with Crippen molar-refractivity contribution in [3.8, 4) is 0 Å². The van der Waals surface area contributed by atoms with Gasteiger partial charge in [0.15, 0.2) is 6.10 Å². The molecule has 0 aromatic heterocycles. The Balaban J connectivity index is 1.73. The van der Waals surface area contributed by atoms with Gasteiger partial charge in [-0.25, -0.2) is 4.79 Å². The predicted molar refractivity (Wildman–Crippen MR) is 92.7 cm³/mol. The highest BCUT2D eigenvalue weighted by atomic mass is 32.2. The van der Waals surface area contributed by atoms with E-state index in [2.05, 4.69) is 6.58 Å². The molecule has 7 nitrogen and oxygen atoms in total. The summed E-state index contributed by atoms with van der Waals surface area (Å²) < 4.78 is 68.3. The van der Waals surface area contributed by atoms with Gasteiger partial charge in [-0.3, -0.25) is 9.35 Å². The summed E-state index contributed by atoms with van der Waals surface area (Å²) in [6.07, 6.45) is 0.654. The van der Waals surface area contributed by atoms with Gasteiger partial charge < -0.3 is 9.47 Å². The monoisotopic (exact) mass is 422 g/mol. The maximum absolute atomic E-state index is 13.7. The molecule has 4 fully saturated rings. The van der Waals surface area contributed by atoms with Crippen molar-refractivity contribution in [1.29, 1.82) is 0 Å². The van der Waals surface area contributed by atoms with Gasteiger partial charge in [-0.15, -0.1) is 0 Å². The van der Waals surface area contributed by atoms with Gasteiger partial charge in [-0.2, -0.15) is 17.2 Å². The first-order valence-corrected chi connectivity index (χ1v) is 10.6. The Morgan fingerprint density at radius 2 is 1.75 bits per heavy atom. The van der Waals surface area contributed by atoms with Crippen molar-refractivity contribution < 1.29 is 40.8 Å². The quantitative estimate of drug-likeness (QED) is 0.398. The zero-order valence-electron chi connectivity index (χ0n) is 15.7. The molecular formula is C18H24F2O7S. The molecule has 0 aromatic carbocycles. The first kappa shape index (κ1) is 21.2. The standard InChI is InChI=1S/C18H24F2O7S/c1-9(2)15(21)27-17-6-11-4-12(7-17)14(13(5-11)8-17)16(22)26-10(3)18(19,20)28(23,24)25/h10-14H,1,4-8H2,2-3H3,(H,23,24,25). The molecule has 0 aliphatic heterocycles. The van der Waals surface area contributed by atoms with E-state index < -0.39 is 44.9 Å². The van der Waals surface area contributed by atoms with Crippen molar-refractivity contribution in [2.24, 2.45) is 23.7 Å². The molecule has 4 bridgehead atoms. The lowest BCUT2D eigenvalue weighted by atomic mass is 9.50. The molecule has 28 heavy (non-hydrogen) atoms. The highest BCUT2D eigenvalue weighted by molar-refractivity contribution is 7.86. The minimum absolute atomic E-state index is 0.191. The SMILES string of the molecule is C=C(C)C(=O)OC12CC3CC(C1)C(C(=O)OC(C)C(F)(F)S(=O)(=O)O)C(C3)C2. The van der Waals surface area contributed by atoms with Crippen LogP contribution in [0.15, 0.2) is 12.2 Å². The van der Waals surface area contributed by atoms with E-state index in [0.717, 1.165) is 6.92 Å². The van der Waals surface area contributed by atoms with Crippen LogP contribution in [0.5, 0.6) is 0 Å². The van der Waals surface area contributed by atoms with Crippen LogP contribution in [0, 0.1) is 23.7 Å². The lowest BCUT2D eigenvalue weighted by molar-refractivity contribution is -0.204. The van der Waals surface area contributed by atoms with Gasteiger partial charge >= 0.3 is 27.3 Å². The van der Waals surface area contributed by atoms with Crippen molar-refractivity contribution in [3.05, 3.63) is 12.2 Å². The van der Waals surface area contributed by atoms with Crippen LogP contribution >= 0.6 is 0 Å². The fourth-order valence-electron chi connectivity index (χ4n) is 5.27. The van der Waals surface area contributed by atoms with E-state index in [0.29, 0.717) is 32.1 Å². The Morgan fingerprint density at radius 3 is 2.21 bits per heavy atom. The van der Waals surface area contributed by atoms with Gasteiger partial charge in [0.05, 0.1) is 5.92 Å². The molecule has 3 unspecified atom stereocenters. The molecule has 1 N–H and O–H groups in total. The fraction of sp³-hybridized carbons (Fsp3) is 0.778. The van der Waals surface area contributed by atoms with Crippen LogP contribution in [0.2, 0.25) is 0 Å². The molecule has 0 saturated heterocycles. The molecule has 3 atom stereocenters. The summed E-state index contributed by atoms with van der Waals surface area (Å²) >= 11 is 0. The van der Waals surface area contributed by atoms with Crippen LogP contribution in [0.4, 0.5) is 8.78 Å².